The first-order chi connectivity index (χ1) is 11.5. The van der Waals surface area contributed by atoms with Gasteiger partial charge >= 0.3 is 0 Å². The van der Waals surface area contributed by atoms with Crippen LogP contribution >= 0.6 is 0 Å². The van der Waals surface area contributed by atoms with Gasteiger partial charge in [0.1, 0.15) is 6.04 Å². The van der Waals surface area contributed by atoms with Crippen LogP contribution in [0.3, 0.4) is 0 Å². The molecule has 2 N–H and O–H groups in total. The smallest absolute Gasteiger partial charge is 0.266 e. The molecule has 2 rings (SSSR count). The molecule has 0 saturated carbocycles. The van der Waals surface area contributed by atoms with Gasteiger partial charge in [0, 0.05) is 0 Å². The summed E-state index contributed by atoms with van der Waals surface area (Å²) in [5.41, 5.74) is 3.27. The van der Waals surface area contributed by atoms with Crippen LogP contribution < -0.4 is 10.8 Å². The summed E-state index contributed by atoms with van der Waals surface area (Å²) in [4.78, 5) is 29.3. The van der Waals surface area contributed by atoms with E-state index in [-0.39, 0.29) is 24.2 Å². The Morgan fingerprint density at radius 3 is 2.46 bits per heavy atom. The van der Waals surface area contributed by atoms with E-state index in [2.05, 4.69) is 10.8 Å². The first-order valence-corrected chi connectivity index (χ1v) is 8.20. The van der Waals surface area contributed by atoms with Crippen LogP contribution in [0.1, 0.15) is 26.3 Å². The first kappa shape index (κ1) is 17.9. The summed E-state index contributed by atoms with van der Waals surface area (Å²) in [6.07, 6.45) is 0.232. The Bertz CT molecular complexity index is 713. The van der Waals surface area contributed by atoms with E-state index >= 15 is 0 Å². The van der Waals surface area contributed by atoms with Crippen LogP contribution in [0.2, 0.25) is 0 Å². The molecule has 2 aromatic rings. The topological polar surface area (TPSA) is 67.4 Å². The average Bonchev–Trinajstić information content (AvgIpc) is 2.57. The minimum Gasteiger partial charge on any atom is -0.344 e. The van der Waals surface area contributed by atoms with Crippen molar-refractivity contribution in [2.45, 2.75) is 33.2 Å². The second-order valence-electron chi connectivity index (χ2n) is 6.05. The number of hydroxylamine groups is 1. The highest BCUT2D eigenvalue weighted by Gasteiger charge is 2.24. The molecular formula is C19H24N2O3. The van der Waals surface area contributed by atoms with Gasteiger partial charge in [-0.2, -0.15) is 0 Å². The van der Waals surface area contributed by atoms with Crippen molar-refractivity contribution < 1.29 is 14.4 Å². The molecule has 0 fully saturated rings. The number of benzene rings is 2. The fourth-order valence-electron chi connectivity index (χ4n) is 2.50. The van der Waals surface area contributed by atoms with E-state index in [1.54, 1.807) is 6.92 Å². The summed E-state index contributed by atoms with van der Waals surface area (Å²) in [5.74, 6) is -0.555. The number of nitrogens with one attached hydrogen (secondary N) is 2. The van der Waals surface area contributed by atoms with Crippen molar-refractivity contribution >= 4 is 22.6 Å². The predicted molar refractivity (Wildman–Crippen MR) is 94.2 cm³/mol. The van der Waals surface area contributed by atoms with Crippen LogP contribution in [-0.2, 0) is 20.8 Å². The molecule has 5 nitrogen and oxygen atoms in total. The summed E-state index contributed by atoms with van der Waals surface area (Å²) in [5, 5.41) is 5.02. The summed E-state index contributed by atoms with van der Waals surface area (Å²) in [6, 6.07) is 13.3. The van der Waals surface area contributed by atoms with Crippen molar-refractivity contribution in [2.24, 2.45) is 5.92 Å². The van der Waals surface area contributed by atoms with Crippen molar-refractivity contribution in [1.82, 2.24) is 10.8 Å². The molecular weight excluding hydrogens is 304 g/mol. The maximum Gasteiger partial charge on any atom is 0.266 e. The van der Waals surface area contributed by atoms with Crippen LogP contribution in [0.25, 0.3) is 10.8 Å². The van der Waals surface area contributed by atoms with Crippen molar-refractivity contribution in [1.29, 1.82) is 0 Å². The lowest BCUT2D eigenvalue weighted by Gasteiger charge is -2.21. The van der Waals surface area contributed by atoms with E-state index < -0.39 is 6.04 Å². The SMILES string of the molecule is CCONC(=O)[C@H](NC(=O)Cc1ccc2ccccc2c1)C(C)C. The highest BCUT2D eigenvalue weighted by Crippen LogP contribution is 2.16. The second kappa shape index (κ2) is 8.45. The average molecular weight is 328 g/mol. The van der Waals surface area contributed by atoms with Crippen LogP contribution in [0, 0.1) is 5.92 Å². The van der Waals surface area contributed by atoms with E-state index in [1.807, 2.05) is 56.3 Å². The third-order valence-electron chi connectivity index (χ3n) is 3.76. The predicted octanol–water partition coefficient (Wildman–Crippen LogP) is 2.59. The molecule has 24 heavy (non-hydrogen) atoms. The van der Waals surface area contributed by atoms with Crippen LogP contribution in [0.15, 0.2) is 42.5 Å². The van der Waals surface area contributed by atoms with Gasteiger partial charge in [0.25, 0.3) is 5.91 Å². The maximum atomic E-state index is 12.3. The summed E-state index contributed by atoms with van der Waals surface area (Å²) < 4.78 is 0. The molecule has 0 bridgehead atoms. The van der Waals surface area contributed by atoms with Crippen LogP contribution in [0.4, 0.5) is 0 Å². The molecule has 0 aliphatic carbocycles. The third-order valence-corrected chi connectivity index (χ3v) is 3.76. The van der Waals surface area contributed by atoms with Crippen molar-refractivity contribution in [3.05, 3.63) is 48.0 Å². The lowest BCUT2D eigenvalue weighted by Crippen LogP contribution is -2.50. The molecule has 0 unspecified atom stereocenters. The van der Waals surface area contributed by atoms with Crippen molar-refractivity contribution in [3.8, 4) is 0 Å². The Balaban J connectivity index is 2.02. The lowest BCUT2D eigenvalue weighted by atomic mass is 10.0. The van der Waals surface area contributed by atoms with Gasteiger partial charge < -0.3 is 5.32 Å². The molecule has 1 atom stereocenters. The van der Waals surface area contributed by atoms with Gasteiger partial charge in [-0.25, -0.2) is 5.48 Å². The molecule has 0 aromatic heterocycles. The first-order valence-electron chi connectivity index (χ1n) is 8.20. The van der Waals surface area contributed by atoms with Gasteiger partial charge in [-0.15, -0.1) is 0 Å². The number of carbonyl (C=O) groups is 2. The quantitative estimate of drug-likeness (QED) is 0.768. The van der Waals surface area contributed by atoms with E-state index in [1.165, 1.54) is 0 Å². The van der Waals surface area contributed by atoms with Crippen LogP contribution in [-0.4, -0.2) is 24.5 Å². The Morgan fingerprint density at radius 2 is 1.79 bits per heavy atom. The molecule has 0 aliphatic rings. The summed E-state index contributed by atoms with van der Waals surface area (Å²) in [6.45, 7) is 5.92. The molecule has 0 radical (unpaired) electrons. The molecule has 128 valence electrons. The Hall–Kier alpha value is -2.40. The largest absolute Gasteiger partial charge is 0.344 e. The number of amides is 2. The molecule has 5 heteroatoms. The zero-order chi connectivity index (χ0) is 17.5. The van der Waals surface area contributed by atoms with Gasteiger partial charge in [0.2, 0.25) is 5.91 Å². The van der Waals surface area contributed by atoms with Gasteiger partial charge in [-0.05, 0) is 29.2 Å². The standard InChI is InChI=1S/C19H24N2O3/c1-4-24-21-19(23)18(13(2)3)20-17(22)12-14-9-10-15-7-5-6-8-16(15)11-14/h5-11,13,18H,4,12H2,1-3H3,(H,20,22)(H,21,23)/t18-/m1/s1. The normalized spacial score (nSPS) is 12.2. The van der Waals surface area contributed by atoms with E-state index in [0.29, 0.717) is 6.61 Å². The molecule has 0 aliphatic heterocycles. The number of fused-ring (bicyclic) bond motifs is 1. The Labute approximate surface area is 142 Å². The van der Waals surface area contributed by atoms with E-state index in [9.17, 15) is 9.59 Å². The zero-order valence-corrected chi connectivity index (χ0v) is 14.3. The van der Waals surface area contributed by atoms with Gasteiger partial charge in [0.15, 0.2) is 0 Å². The van der Waals surface area contributed by atoms with Gasteiger partial charge in [-0.1, -0.05) is 56.3 Å². The van der Waals surface area contributed by atoms with Crippen molar-refractivity contribution in [3.63, 3.8) is 0 Å². The van der Waals surface area contributed by atoms with E-state index in [4.69, 9.17) is 4.84 Å². The summed E-state index contributed by atoms with van der Waals surface area (Å²) >= 11 is 0. The molecule has 0 spiro atoms. The number of carbonyl (C=O) groups excluding carboxylic acids is 2. The zero-order valence-electron chi connectivity index (χ0n) is 14.3. The second-order valence-corrected chi connectivity index (χ2v) is 6.05. The molecule has 2 aromatic carbocycles. The summed E-state index contributed by atoms with van der Waals surface area (Å²) in [7, 11) is 0. The number of hydrogen-bond acceptors (Lipinski definition) is 3. The third kappa shape index (κ3) is 4.80. The Morgan fingerprint density at radius 1 is 1.08 bits per heavy atom. The van der Waals surface area contributed by atoms with E-state index in [0.717, 1.165) is 16.3 Å². The molecule has 2 amide bonds. The monoisotopic (exact) mass is 328 g/mol. The Kier molecular flexibility index (Phi) is 6.32. The molecule has 0 heterocycles. The minimum atomic E-state index is -0.621. The lowest BCUT2D eigenvalue weighted by molar-refractivity contribution is -0.139. The highest BCUT2D eigenvalue weighted by molar-refractivity contribution is 5.89. The van der Waals surface area contributed by atoms with Crippen LogP contribution in [0.5, 0.6) is 0 Å². The highest BCUT2D eigenvalue weighted by atomic mass is 16.6. The fraction of sp³-hybridized carbons (Fsp3) is 0.368. The number of hydrogen-bond donors (Lipinski definition) is 2. The fourth-order valence-corrected chi connectivity index (χ4v) is 2.50. The van der Waals surface area contributed by atoms with Gasteiger partial charge in [0.05, 0.1) is 13.0 Å². The maximum absolute atomic E-state index is 12.3. The molecule has 0 saturated heterocycles. The number of rotatable bonds is 7. The minimum absolute atomic E-state index is 0.0361. The van der Waals surface area contributed by atoms with Gasteiger partial charge in [-0.3, -0.25) is 14.4 Å². The van der Waals surface area contributed by atoms with Crippen molar-refractivity contribution in [2.75, 3.05) is 6.61 Å².